The van der Waals surface area contributed by atoms with Crippen LogP contribution in [0.4, 0.5) is 0 Å². The lowest BCUT2D eigenvalue weighted by molar-refractivity contribution is 0.111. The fourth-order valence-electron chi connectivity index (χ4n) is 2.08. The summed E-state index contributed by atoms with van der Waals surface area (Å²) in [4.78, 5) is 11.1. The van der Waals surface area contributed by atoms with E-state index in [4.69, 9.17) is 4.74 Å². The van der Waals surface area contributed by atoms with Crippen LogP contribution < -0.4 is 4.74 Å². The smallest absolute Gasteiger partial charge is 0.153 e. The van der Waals surface area contributed by atoms with Crippen LogP contribution in [-0.4, -0.2) is 16.1 Å². The maximum absolute atomic E-state index is 11.1. The summed E-state index contributed by atoms with van der Waals surface area (Å²) < 4.78 is 8.63. The fourth-order valence-corrected chi connectivity index (χ4v) is 2.81. The van der Waals surface area contributed by atoms with Crippen LogP contribution in [0.1, 0.15) is 34.2 Å². The zero-order valence-corrected chi connectivity index (χ0v) is 13.4. The largest absolute Gasteiger partial charge is 0.486 e. The van der Waals surface area contributed by atoms with Crippen LogP contribution in [0.3, 0.4) is 0 Å². The van der Waals surface area contributed by atoms with Gasteiger partial charge < -0.3 is 4.74 Å². The van der Waals surface area contributed by atoms with Gasteiger partial charge in [0.2, 0.25) is 0 Å². The SMILES string of the molecule is CCc1nn(C)c(COc2c(C)cccc2C=O)c1Br. The number of aldehydes is 1. The van der Waals surface area contributed by atoms with E-state index < -0.39 is 0 Å². The van der Waals surface area contributed by atoms with Crippen LogP contribution in [0.25, 0.3) is 0 Å². The molecule has 0 aliphatic rings. The minimum absolute atomic E-state index is 0.371. The Bertz CT molecular complexity index is 635. The van der Waals surface area contributed by atoms with Gasteiger partial charge in [0.1, 0.15) is 12.4 Å². The average molecular weight is 337 g/mol. The van der Waals surface area contributed by atoms with E-state index in [0.29, 0.717) is 17.9 Å². The number of carbonyl (C=O) groups excluding carboxylic acids is 1. The zero-order valence-electron chi connectivity index (χ0n) is 11.8. The first-order valence-electron chi connectivity index (χ1n) is 6.46. The molecule has 0 aliphatic carbocycles. The van der Waals surface area contributed by atoms with Gasteiger partial charge in [-0.3, -0.25) is 9.48 Å². The molecule has 0 atom stereocenters. The van der Waals surface area contributed by atoms with Gasteiger partial charge in [-0.2, -0.15) is 5.10 Å². The van der Waals surface area contributed by atoms with Crippen molar-refractivity contribution < 1.29 is 9.53 Å². The predicted octanol–water partition coefficient (Wildman–Crippen LogP) is 3.44. The van der Waals surface area contributed by atoms with Crippen molar-refractivity contribution >= 4 is 22.2 Å². The Morgan fingerprint density at radius 3 is 2.80 bits per heavy atom. The second kappa shape index (κ2) is 6.22. The molecule has 1 heterocycles. The van der Waals surface area contributed by atoms with Crippen molar-refractivity contribution in [3.8, 4) is 5.75 Å². The zero-order chi connectivity index (χ0) is 14.7. The van der Waals surface area contributed by atoms with Gasteiger partial charge in [-0.1, -0.05) is 19.1 Å². The molecule has 0 spiro atoms. The molecule has 0 saturated carbocycles. The number of benzene rings is 1. The van der Waals surface area contributed by atoms with Gasteiger partial charge in [-0.25, -0.2) is 0 Å². The van der Waals surface area contributed by atoms with E-state index in [1.54, 1.807) is 6.07 Å². The summed E-state index contributed by atoms with van der Waals surface area (Å²) in [5.74, 6) is 0.633. The third kappa shape index (κ3) is 2.77. The van der Waals surface area contributed by atoms with E-state index in [2.05, 4.69) is 28.0 Å². The second-order valence-electron chi connectivity index (χ2n) is 4.58. The molecule has 4 nitrogen and oxygen atoms in total. The third-order valence-corrected chi connectivity index (χ3v) is 4.14. The van der Waals surface area contributed by atoms with E-state index in [-0.39, 0.29) is 0 Å². The highest BCUT2D eigenvalue weighted by Crippen LogP contribution is 2.26. The monoisotopic (exact) mass is 336 g/mol. The van der Waals surface area contributed by atoms with Gasteiger partial charge in [-0.05, 0) is 40.9 Å². The molecule has 0 amide bonds. The van der Waals surface area contributed by atoms with E-state index >= 15 is 0 Å². The number of para-hydroxylation sites is 1. The second-order valence-corrected chi connectivity index (χ2v) is 5.38. The van der Waals surface area contributed by atoms with Crippen LogP contribution >= 0.6 is 15.9 Å². The summed E-state index contributed by atoms with van der Waals surface area (Å²) in [5, 5.41) is 4.43. The lowest BCUT2D eigenvalue weighted by Gasteiger charge is -2.11. The third-order valence-electron chi connectivity index (χ3n) is 3.23. The molecule has 2 aromatic rings. The molecule has 1 aromatic carbocycles. The molecule has 0 bridgehead atoms. The quantitative estimate of drug-likeness (QED) is 0.785. The molecule has 2 rings (SSSR count). The van der Waals surface area contributed by atoms with Crippen molar-refractivity contribution in [3.05, 3.63) is 45.2 Å². The molecule has 20 heavy (non-hydrogen) atoms. The molecule has 106 valence electrons. The van der Waals surface area contributed by atoms with Gasteiger partial charge in [0, 0.05) is 7.05 Å². The topological polar surface area (TPSA) is 44.1 Å². The molecule has 0 N–H and O–H groups in total. The standard InChI is InChI=1S/C15H17BrN2O2/c1-4-12-14(16)13(18(3)17-12)9-20-15-10(2)6-5-7-11(15)8-19/h5-8H,4,9H2,1-3H3. The molecular formula is C15H17BrN2O2. The minimum Gasteiger partial charge on any atom is -0.486 e. The average Bonchev–Trinajstić information content (AvgIpc) is 2.72. The van der Waals surface area contributed by atoms with Crippen LogP contribution in [0.15, 0.2) is 22.7 Å². The Balaban J connectivity index is 2.26. The number of ether oxygens (including phenoxy) is 1. The number of aromatic nitrogens is 2. The highest BCUT2D eigenvalue weighted by molar-refractivity contribution is 9.10. The summed E-state index contributed by atoms with van der Waals surface area (Å²) in [6.45, 7) is 4.36. The summed E-state index contributed by atoms with van der Waals surface area (Å²) in [7, 11) is 1.89. The predicted molar refractivity (Wildman–Crippen MR) is 81.2 cm³/mol. The van der Waals surface area contributed by atoms with Gasteiger partial charge in [0.25, 0.3) is 0 Å². The van der Waals surface area contributed by atoms with Gasteiger partial charge in [-0.15, -0.1) is 0 Å². The summed E-state index contributed by atoms with van der Waals surface area (Å²) >= 11 is 3.56. The first-order valence-corrected chi connectivity index (χ1v) is 7.25. The molecule has 0 fully saturated rings. The number of nitrogens with zero attached hydrogens (tertiary/aromatic N) is 2. The normalized spacial score (nSPS) is 10.6. The van der Waals surface area contributed by atoms with E-state index in [9.17, 15) is 4.79 Å². The summed E-state index contributed by atoms with van der Waals surface area (Å²) in [6, 6.07) is 5.53. The van der Waals surface area contributed by atoms with Crippen LogP contribution in [-0.2, 0) is 20.1 Å². The number of hydrogen-bond donors (Lipinski definition) is 0. The number of carbonyl (C=O) groups is 1. The van der Waals surface area contributed by atoms with Crippen molar-refractivity contribution in [3.63, 3.8) is 0 Å². The first-order chi connectivity index (χ1) is 9.58. The molecule has 0 aliphatic heterocycles. The Hall–Kier alpha value is -1.62. The van der Waals surface area contributed by atoms with Crippen molar-refractivity contribution in [2.75, 3.05) is 0 Å². The van der Waals surface area contributed by atoms with Gasteiger partial charge in [0.05, 0.1) is 21.4 Å². The first kappa shape index (κ1) is 14.8. The highest BCUT2D eigenvalue weighted by Gasteiger charge is 2.14. The molecule has 0 radical (unpaired) electrons. The Kier molecular flexibility index (Phi) is 4.60. The van der Waals surface area contributed by atoms with E-state index in [1.807, 2.05) is 30.8 Å². The highest BCUT2D eigenvalue weighted by atomic mass is 79.9. The van der Waals surface area contributed by atoms with Gasteiger partial charge >= 0.3 is 0 Å². The molecule has 5 heteroatoms. The molecule has 0 saturated heterocycles. The van der Waals surface area contributed by atoms with Crippen LogP contribution in [0, 0.1) is 6.92 Å². The summed E-state index contributed by atoms with van der Waals surface area (Å²) in [5.41, 5.74) is 3.48. The van der Waals surface area contributed by atoms with Crippen LogP contribution in [0.2, 0.25) is 0 Å². The number of aryl methyl sites for hydroxylation is 3. The van der Waals surface area contributed by atoms with Crippen molar-refractivity contribution in [1.82, 2.24) is 9.78 Å². The molecule has 0 unspecified atom stereocenters. The maximum atomic E-state index is 11.1. The van der Waals surface area contributed by atoms with E-state index in [1.165, 1.54) is 0 Å². The Labute approximate surface area is 126 Å². The summed E-state index contributed by atoms with van der Waals surface area (Å²) in [6.07, 6.45) is 1.68. The molecule has 1 aromatic heterocycles. The minimum atomic E-state index is 0.371. The van der Waals surface area contributed by atoms with Crippen LogP contribution in [0.5, 0.6) is 5.75 Å². The number of halogens is 1. The number of rotatable bonds is 5. The van der Waals surface area contributed by atoms with Crippen molar-refractivity contribution in [2.24, 2.45) is 7.05 Å². The lowest BCUT2D eigenvalue weighted by atomic mass is 10.1. The Morgan fingerprint density at radius 1 is 1.45 bits per heavy atom. The van der Waals surface area contributed by atoms with Gasteiger partial charge in [0.15, 0.2) is 6.29 Å². The lowest BCUT2D eigenvalue weighted by Crippen LogP contribution is -2.05. The Morgan fingerprint density at radius 2 is 2.20 bits per heavy atom. The number of hydrogen-bond acceptors (Lipinski definition) is 3. The maximum Gasteiger partial charge on any atom is 0.153 e. The van der Waals surface area contributed by atoms with E-state index in [0.717, 1.165) is 34.1 Å². The molecular weight excluding hydrogens is 320 g/mol. The fraction of sp³-hybridized carbons (Fsp3) is 0.333. The van der Waals surface area contributed by atoms with Crippen molar-refractivity contribution in [1.29, 1.82) is 0 Å². The van der Waals surface area contributed by atoms with Crippen molar-refractivity contribution in [2.45, 2.75) is 26.9 Å².